The Hall–Kier alpha value is -0.450. The van der Waals surface area contributed by atoms with Crippen LogP contribution in [-0.2, 0) is 13.0 Å². The standard InChI is InChI=1S/C15H27N3S/c1-3-16-12-14-13(2)17-15(19-14)8-11-18-9-6-4-5-7-10-18/h16H,3-12H2,1-2H3. The normalized spacial score (nSPS) is 17.6. The molecule has 3 nitrogen and oxygen atoms in total. The minimum atomic E-state index is 0.976. The predicted molar refractivity (Wildman–Crippen MR) is 82.8 cm³/mol. The van der Waals surface area contributed by atoms with E-state index in [4.69, 9.17) is 4.98 Å². The minimum Gasteiger partial charge on any atom is -0.312 e. The Kier molecular flexibility index (Phi) is 6.28. The molecule has 1 N–H and O–H groups in total. The van der Waals surface area contributed by atoms with Crippen LogP contribution in [-0.4, -0.2) is 36.1 Å². The third-order valence-corrected chi connectivity index (χ3v) is 5.03. The van der Waals surface area contributed by atoms with Gasteiger partial charge >= 0.3 is 0 Å². The van der Waals surface area contributed by atoms with Crippen LogP contribution in [0.15, 0.2) is 0 Å². The first kappa shape index (κ1) is 14.9. The minimum absolute atomic E-state index is 0.976. The zero-order valence-corrected chi connectivity index (χ0v) is 13.2. The Morgan fingerprint density at radius 3 is 2.63 bits per heavy atom. The molecule has 1 aliphatic rings. The van der Waals surface area contributed by atoms with Crippen LogP contribution in [0.2, 0.25) is 0 Å². The summed E-state index contributed by atoms with van der Waals surface area (Å²) in [6.07, 6.45) is 6.71. The molecule has 2 rings (SSSR count). The van der Waals surface area contributed by atoms with E-state index >= 15 is 0 Å². The highest BCUT2D eigenvalue weighted by molar-refractivity contribution is 7.11. The zero-order chi connectivity index (χ0) is 13.5. The number of rotatable bonds is 6. The number of nitrogens with zero attached hydrogens (tertiary/aromatic N) is 2. The molecule has 0 aromatic carbocycles. The fraction of sp³-hybridized carbons (Fsp3) is 0.800. The summed E-state index contributed by atoms with van der Waals surface area (Å²) in [5.41, 5.74) is 1.22. The average Bonchev–Trinajstić information content (AvgIpc) is 2.63. The summed E-state index contributed by atoms with van der Waals surface area (Å²) in [6.45, 7) is 10.1. The molecule has 2 heterocycles. The maximum atomic E-state index is 4.72. The lowest BCUT2D eigenvalue weighted by molar-refractivity contribution is 0.288. The number of likely N-dealkylation sites (tertiary alicyclic amines) is 1. The van der Waals surface area contributed by atoms with Gasteiger partial charge in [0.05, 0.1) is 10.7 Å². The van der Waals surface area contributed by atoms with Gasteiger partial charge in [-0.1, -0.05) is 19.8 Å². The molecule has 0 radical (unpaired) electrons. The molecule has 0 amide bonds. The monoisotopic (exact) mass is 281 g/mol. The van der Waals surface area contributed by atoms with Gasteiger partial charge in [-0.05, 0) is 39.4 Å². The lowest BCUT2D eigenvalue weighted by Crippen LogP contribution is -2.26. The molecule has 108 valence electrons. The van der Waals surface area contributed by atoms with Crippen molar-refractivity contribution >= 4 is 11.3 Å². The van der Waals surface area contributed by atoms with Crippen molar-refractivity contribution in [1.82, 2.24) is 15.2 Å². The van der Waals surface area contributed by atoms with Crippen LogP contribution in [0.3, 0.4) is 0 Å². The molecule has 1 fully saturated rings. The number of thiazole rings is 1. The van der Waals surface area contributed by atoms with Gasteiger partial charge in [0.1, 0.15) is 0 Å². The second-order valence-electron chi connectivity index (χ2n) is 5.40. The summed E-state index contributed by atoms with van der Waals surface area (Å²) >= 11 is 1.89. The summed E-state index contributed by atoms with van der Waals surface area (Å²) in [6, 6.07) is 0. The largest absolute Gasteiger partial charge is 0.312 e. The van der Waals surface area contributed by atoms with Gasteiger partial charge in [-0.3, -0.25) is 0 Å². The van der Waals surface area contributed by atoms with Gasteiger partial charge in [0.15, 0.2) is 0 Å². The van der Waals surface area contributed by atoms with E-state index in [9.17, 15) is 0 Å². The van der Waals surface area contributed by atoms with Crippen molar-refractivity contribution in [3.05, 3.63) is 15.6 Å². The average molecular weight is 281 g/mol. The van der Waals surface area contributed by atoms with Gasteiger partial charge < -0.3 is 10.2 Å². The molecular formula is C15H27N3S. The van der Waals surface area contributed by atoms with Crippen LogP contribution in [0, 0.1) is 6.92 Å². The molecule has 0 unspecified atom stereocenters. The maximum absolute atomic E-state index is 4.72. The molecule has 0 saturated carbocycles. The number of nitrogens with one attached hydrogen (secondary N) is 1. The third-order valence-electron chi connectivity index (χ3n) is 3.81. The van der Waals surface area contributed by atoms with Crippen LogP contribution < -0.4 is 5.32 Å². The predicted octanol–water partition coefficient (Wildman–Crippen LogP) is 2.98. The summed E-state index contributed by atoms with van der Waals surface area (Å²) < 4.78 is 0. The van der Waals surface area contributed by atoms with Crippen LogP contribution in [0.25, 0.3) is 0 Å². The first-order chi connectivity index (χ1) is 9.29. The Balaban J connectivity index is 1.81. The molecule has 1 aromatic heterocycles. The molecular weight excluding hydrogens is 254 g/mol. The van der Waals surface area contributed by atoms with Crippen molar-refractivity contribution in [2.24, 2.45) is 0 Å². The summed E-state index contributed by atoms with van der Waals surface area (Å²) in [5.74, 6) is 0. The molecule has 0 spiro atoms. The quantitative estimate of drug-likeness (QED) is 0.869. The molecule has 0 atom stereocenters. The second kappa shape index (κ2) is 7.98. The lowest BCUT2D eigenvalue weighted by Gasteiger charge is -2.18. The van der Waals surface area contributed by atoms with Gasteiger partial charge in [-0.15, -0.1) is 11.3 Å². The van der Waals surface area contributed by atoms with Crippen molar-refractivity contribution in [2.45, 2.75) is 52.5 Å². The fourth-order valence-corrected chi connectivity index (χ4v) is 3.64. The molecule has 0 aliphatic carbocycles. The van der Waals surface area contributed by atoms with E-state index in [-0.39, 0.29) is 0 Å². The van der Waals surface area contributed by atoms with Crippen LogP contribution >= 0.6 is 11.3 Å². The van der Waals surface area contributed by atoms with Gasteiger partial charge in [-0.2, -0.15) is 0 Å². The van der Waals surface area contributed by atoms with E-state index in [0.717, 1.165) is 19.5 Å². The zero-order valence-electron chi connectivity index (χ0n) is 12.4. The SMILES string of the molecule is CCNCc1sc(CCN2CCCCCC2)nc1C. The van der Waals surface area contributed by atoms with E-state index in [2.05, 4.69) is 24.1 Å². The Labute approximate surface area is 121 Å². The van der Waals surface area contributed by atoms with Gasteiger partial charge in [-0.25, -0.2) is 4.98 Å². The number of aryl methyl sites for hydroxylation is 1. The van der Waals surface area contributed by atoms with Gasteiger partial charge in [0.2, 0.25) is 0 Å². The van der Waals surface area contributed by atoms with Crippen molar-refractivity contribution in [2.75, 3.05) is 26.2 Å². The highest BCUT2D eigenvalue weighted by Crippen LogP contribution is 2.19. The Morgan fingerprint density at radius 1 is 1.21 bits per heavy atom. The lowest BCUT2D eigenvalue weighted by atomic mass is 10.2. The van der Waals surface area contributed by atoms with E-state index in [1.807, 2.05) is 11.3 Å². The second-order valence-corrected chi connectivity index (χ2v) is 6.57. The Bertz CT molecular complexity index is 367. The number of aromatic nitrogens is 1. The van der Waals surface area contributed by atoms with Crippen LogP contribution in [0.4, 0.5) is 0 Å². The van der Waals surface area contributed by atoms with E-state index in [1.165, 1.54) is 60.9 Å². The van der Waals surface area contributed by atoms with Crippen molar-refractivity contribution in [1.29, 1.82) is 0 Å². The van der Waals surface area contributed by atoms with Crippen LogP contribution in [0.5, 0.6) is 0 Å². The molecule has 1 aliphatic heterocycles. The summed E-state index contributed by atoms with van der Waals surface area (Å²) in [7, 11) is 0. The maximum Gasteiger partial charge on any atom is 0.0944 e. The third kappa shape index (κ3) is 4.86. The topological polar surface area (TPSA) is 28.2 Å². The molecule has 0 bridgehead atoms. The van der Waals surface area contributed by atoms with Crippen molar-refractivity contribution < 1.29 is 0 Å². The fourth-order valence-electron chi connectivity index (χ4n) is 2.61. The first-order valence-electron chi connectivity index (χ1n) is 7.68. The Morgan fingerprint density at radius 2 is 1.95 bits per heavy atom. The van der Waals surface area contributed by atoms with E-state index in [0.29, 0.717) is 0 Å². The molecule has 1 saturated heterocycles. The summed E-state index contributed by atoms with van der Waals surface area (Å²) in [4.78, 5) is 8.75. The molecule has 1 aromatic rings. The first-order valence-corrected chi connectivity index (χ1v) is 8.49. The highest BCUT2D eigenvalue weighted by atomic mass is 32.1. The van der Waals surface area contributed by atoms with Gasteiger partial charge in [0, 0.05) is 24.4 Å². The van der Waals surface area contributed by atoms with E-state index in [1.54, 1.807) is 0 Å². The highest BCUT2D eigenvalue weighted by Gasteiger charge is 2.11. The van der Waals surface area contributed by atoms with Crippen molar-refractivity contribution in [3.8, 4) is 0 Å². The molecule has 4 heteroatoms. The molecule has 19 heavy (non-hydrogen) atoms. The van der Waals surface area contributed by atoms with E-state index < -0.39 is 0 Å². The van der Waals surface area contributed by atoms with Gasteiger partial charge in [0.25, 0.3) is 0 Å². The number of hydrogen-bond acceptors (Lipinski definition) is 4. The summed E-state index contributed by atoms with van der Waals surface area (Å²) in [5, 5.41) is 4.71. The smallest absolute Gasteiger partial charge is 0.0944 e. The van der Waals surface area contributed by atoms with Crippen molar-refractivity contribution in [3.63, 3.8) is 0 Å². The van der Waals surface area contributed by atoms with Crippen LogP contribution in [0.1, 0.15) is 48.2 Å². The number of hydrogen-bond donors (Lipinski definition) is 1.